The number of alkyl halides is 1. The molecule has 4 heteroatoms. The van der Waals surface area contributed by atoms with Crippen molar-refractivity contribution in [1.29, 1.82) is 0 Å². The molecule has 106 valence electrons. The lowest BCUT2D eigenvalue weighted by Gasteiger charge is -2.10. The highest BCUT2D eigenvalue weighted by Gasteiger charge is 2.52. The van der Waals surface area contributed by atoms with Crippen molar-refractivity contribution < 1.29 is 4.74 Å². The summed E-state index contributed by atoms with van der Waals surface area (Å²) >= 11 is 2.59. The molecule has 2 aromatic rings. The van der Waals surface area contributed by atoms with Gasteiger partial charge in [0.15, 0.2) is 0 Å². The van der Waals surface area contributed by atoms with E-state index in [0.29, 0.717) is 16.1 Å². The second-order valence-corrected chi connectivity index (χ2v) is 7.47. The molecule has 0 amide bonds. The van der Waals surface area contributed by atoms with Gasteiger partial charge in [0.1, 0.15) is 5.76 Å². The predicted octanol–water partition coefficient (Wildman–Crippen LogP) is 4.57. The number of hydrogen-bond donors (Lipinski definition) is 0. The molecule has 0 saturated heterocycles. The molecule has 1 saturated carbocycles. The maximum absolute atomic E-state index is 5.51. The zero-order chi connectivity index (χ0) is 14.3. The van der Waals surface area contributed by atoms with E-state index in [-0.39, 0.29) is 0 Å². The van der Waals surface area contributed by atoms with Crippen LogP contribution in [0.3, 0.4) is 0 Å². The minimum absolute atomic E-state index is 0.401. The van der Waals surface area contributed by atoms with E-state index >= 15 is 0 Å². The molecule has 2 unspecified atom stereocenters. The molecule has 0 bridgehead atoms. The third-order valence-corrected chi connectivity index (χ3v) is 6.03. The second-order valence-electron chi connectivity index (χ2n) is 5.32. The van der Waals surface area contributed by atoms with Gasteiger partial charge >= 0.3 is 0 Å². The summed E-state index contributed by atoms with van der Waals surface area (Å²) in [6, 6.07) is 6.79. The molecular formula is C16H19IN2O. The molecular weight excluding hydrogens is 363 g/mol. The highest BCUT2D eigenvalue weighted by atomic mass is 127. The van der Waals surface area contributed by atoms with Crippen LogP contribution in [0, 0.1) is 0 Å². The monoisotopic (exact) mass is 382 g/mol. The zero-order valence-electron chi connectivity index (χ0n) is 11.9. The number of hydrogen-bond acceptors (Lipinski definition) is 2. The van der Waals surface area contributed by atoms with Crippen LogP contribution in [0.2, 0.25) is 0 Å². The van der Waals surface area contributed by atoms with Crippen molar-refractivity contribution in [1.82, 2.24) is 9.55 Å². The standard InChI is InChI=1S/C16H19IN2O/c1-4-16(17)9-15(16)19-10-18-13-7-6-12(8-14(13)19)11(3)20-5-2/h6-8,10,15H,3-5,9H2,1-2H3. The van der Waals surface area contributed by atoms with E-state index in [2.05, 4.69) is 57.8 Å². The van der Waals surface area contributed by atoms with Gasteiger partial charge in [-0.2, -0.15) is 0 Å². The van der Waals surface area contributed by atoms with Crippen molar-refractivity contribution >= 4 is 39.4 Å². The van der Waals surface area contributed by atoms with E-state index in [1.54, 1.807) is 0 Å². The van der Waals surface area contributed by atoms with Gasteiger partial charge in [0.05, 0.1) is 30.0 Å². The Hall–Kier alpha value is -1.04. The number of aromatic nitrogens is 2. The maximum Gasteiger partial charge on any atom is 0.119 e. The van der Waals surface area contributed by atoms with E-state index in [4.69, 9.17) is 4.74 Å². The van der Waals surface area contributed by atoms with Gasteiger partial charge in [-0.15, -0.1) is 0 Å². The van der Waals surface area contributed by atoms with E-state index in [1.165, 1.54) is 18.4 Å². The Morgan fingerprint density at radius 1 is 1.55 bits per heavy atom. The number of fused-ring (bicyclic) bond motifs is 1. The van der Waals surface area contributed by atoms with Crippen molar-refractivity contribution in [2.75, 3.05) is 6.61 Å². The fourth-order valence-corrected chi connectivity index (χ4v) is 3.41. The van der Waals surface area contributed by atoms with Crippen LogP contribution in [-0.2, 0) is 4.74 Å². The van der Waals surface area contributed by atoms with Crippen LogP contribution in [0.5, 0.6) is 0 Å². The Kier molecular flexibility index (Phi) is 3.52. The van der Waals surface area contributed by atoms with Crippen LogP contribution in [0.15, 0.2) is 31.1 Å². The molecule has 1 aromatic carbocycles. The first kappa shape index (κ1) is 13.9. The minimum atomic E-state index is 0.401. The molecule has 20 heavy (non-hydrogen) atoms. The van der Waals surface area contributed by atoms with Crippen molar-refractivity contribution in [2.24, 2.45) is 0 Å². The van der Waals surface area contributed by atoms with Crippen LogP contribution in [-0.4, -0.2) is 19.6 Å². The molecule has 1 fully saturated rings. The Morgan fingerprint density at radius 2 is 2.35 bits per heavy atom. The average molecular weight is 382 g/mol. The predicted molar refractivity (Wildman–Crippen MR) is 91.1 cm³/mol. The number of nitrogens with zero attached hydrogens (tertiary/aromatic N) is 2. The quantitative estimate of drug-likeness (QED) is 0.430. The lowest BCUT2D eigenvalue weighted by molar-refractivity contribution is 0.299. The van der Waals surface area contributed by atoms with Gasteiger partial charge in [-0.3, -0.25) is 0 Å². The van der Waals surface area contributed by atoms with Crippen LogP contribution in [0.4, 0.5) is 0 Å². The topological polar surface area (TPSA) is 27.1 Å². The van der Waals surface area contributed by atoms with Crippen LogP contribution >= 0.6 is 22.6 Å². The van der Waals surface area contributed by atoms with Crippen molar-refractivity contribution in [3.05, 3.63) is 36.7 Å². The van der Waals surface area contributed by atoms with E-state index in [9.17, 15) is 0 Å². The van der Waals surface area contributed by atoms with Crippen LogP contribution in [0.25, 0.3) is 16.8 Å². The molecule has 1 aromatic heterocycles. The molecule has 3 nitrogen and oxygen atoms in total. The Labute approximate surface area is 133 Å². The normalized spacial score (nSPS) is 24.9. The van der Waals surface area contributed by atoms with Crippen molar-refractivity contribution in [3.8, 4) is 0 Å². The van der Waals surface area contributed by atoms with Gasteiger partial charge in [-0.25, -0.2) is 4.98 Å². The molecule has 1 aliphatic rings. The number of halogens is 1. The molecule has 0 N–H and O–H groups in total. The summed E-state index contributed by atoms with van der Waals surface area (Å²) in [4.78, 5) is 4.52. The fourth-order valence-electron chi connectivity index (χ4n) is 2.70. The van der Waals surface area contributed by atoms with Gasteiger partial charge in [0.2, 0.25) is 0 Å². The van der Waals surface area contributed by atoms with Crippen LogP contribution < -0.4 is 0 Å². The summed E-state index contributed by atoms with van der Waals surface area (Å²) in [6.45, 7) is 8.87. The molecule has 0 spiro atoms. The van der Waals surface area contributed by atoms with Crippen molar-refractivity contribution in [2.45, 2.75) is 36.2 Å². The first-order chi connectivity index (χ1) is 9.59. The number of rotatable bonds is 5. The van der Waals surface area contributed by atoms with Gasteiger partial charge < -0.3 is 9.30 Å². The van der Waals surface area contributed by atoms with Gasteiger partial charge in [0.25, 0.3) is 0 Å². The van der Waals surface area contributed by atoms with E-state index in [1.807, 2.05) is 19.3 Å². The Bertz CT molecular complexity index is 664. The first-order valence-corrected chi connectivity index (χ1v) is 8.14. The lowest BCUT2D eigenvalue weighted by Crippen LogP contribution is -2.04. The van der Waals surface area contributed by atoms with Gasteiger partial charge in [-0.05, 0) is 38.0 Å². The molecule has 2 atom stereocenters. The van der Waals surface area contributed by atoms with Crippen molar-refractivity contribution in [3.63, 3.8) is 0 Å². The molecule has 1 heterocycles. The maximum atomic E-state index is 5.51. The zero-order valence-corrected chi connectivity index (χ0v) is 14.1. The highest BCUT2D eigenvalue weighted by Crippen LogP contribution is 2.58. The largest absolute Gasteiger partial charge is 0.494 e. The highest BCUT2D eigenvalue weighted by molar-refractivity contribution is 14.1. The summed E-state index contributed by atoms with van der Waals surface area (Å²) in [6.07, 6.45) is 4.40. The van der Waals surface area contributed by atoms with Gasteiger partial charge in [0, 0.05) is 8.99 Å². The number of benzene rings is 1. The van der Waals surface area contributed by atoms with Crippen LogP contribution in [0.1, 0.15) is 38.3 Å². The first-order valence-electron chi connectivity index (χ1n) is 7.06. The van der Waals surface area contributed by atoms with E-state index in [0.717, 1.165) is 16.8 Å². The fraction of sp³-hybridized carbons (Fsp3) is 0.438. The van der Waals surface area contributed by atoms with Gasteiger partial charge in [-0.1, -0.05) is 36.1 Å². The molecule has 3 rings (SSSR count). The average Bonchev–Trinajstić information content (AvgIpc) is 2.96. The third kappa shape index (κ3) is 2.24. The summed E-state index contributed by atoms with van der Waals surface area (Å²) in [5.74, 6) is 0.731. The minimum Gasteiger partial charge on any atom is -0.494 e. The summed E-state index contributed by atoms with van der Waals surface area (Å²) in [7, 11) is 0. The second kappa shape index (κ2) is 5.06. The summed E-state index contributed by atoms with van der Waals surface area (Å²) < 4.78 is 8.22. The SMILES string of the molecule is C=C(OCC)c1ccc2ncn(C3CC3(I)CC)c2c1. The smallest absolute Gasteiger partial charge is 0.119 e. The van der Waals surface area contributed by atoms with E-state index < -0.39 is 0 Å². The molecule has 1 aliphatic carbocycles. The number of imidazole rings is 1. The summed E-state index contributed by atoms with van der Waals surface area (Å²) in [5.41, 5.74) is 3.26. The molecule has 0 aliphatic heterocycles. The lowest BCUT2D eigenvalue weighted by atomic mass is 10.1. The summed E-state index contributed by atoms with van der Waals surface area (Å²) in [5, 5.41) is 0. The third-order valence-electron chi connectivity index (χ3n) is 4.11. The number of ether oxygens (including phenoxy) is 1. The Morgan fingerprint density at radius 3 is 3.00 bits per heavy atom. The Balaban J connectivity index is 1.99. The molecule has 0 radical (unpaired) electrons.